The normalized spacial score (nSPS) is 19.8. The molecule has 0 aliphatic carbocycles. The van der Waals surface area contributed by atoms with Crippen molar-refractivity contribution >= 4 is 52.1 Å². The summed E-state index contributed by atoms with van der Waals surface area (Å²) >= 11 is 2.15. The highest BCUT2D eigenvalue weighted by atomic mass is 32.2. The third-order valence-corrected chi connectivity index (χ3v) is 6.99. The quantitative estimate of drug-likeness (QED) is 0.651. The fourth-order valence-corrected chi connectivity index (χ4v) is 5.18. The van der Waals surface area contributed by atoms with Crippen molar-refractivity contribution in [2.45, 2.75) is 18.9 Å². The van der Waals surface area contributed by atoms with Gasteiger partial charge < -0.3 is 10.2 Å². The van der Waals surface area contributed by atoms with E-state index in [2.05, 4.69) is 5.32 Å². The second-order valence-electron chi connectivity index (χ2n) is 7.31. The van der Waals surface area contributed by atoms with E-state index in [0.29, 0.717) is 23.4 Å². The molecule has 1 aromatic carbocycles. The third kappa shape index (κ3) is 4.76. The van der Waals surface area contributed by atoms with Gasteiger partial charge in [0.2, 0.25) is 5.91 Å². The molecule has 2 aliphatic rings. The molecule has 4 rings (SSSR count). The molecule has 32 heavy (non-hydrogen) atoms. The molecule has 7 nitrogen and oxygen atoms in total. The Hall–Kier alpha value is -2.98. The Labute approximate surface area is 192 Å². The lowest BCUT2D eigenvalue weighted by Crippen LogP contribution is -2.47. The number of nitrogens with zero attached hydrogens (tertiary/aromatic N) is 2. The molecule has 1 unspecified atom stereocenters. The summed E-state index contributed by atoms with van der Waals surface area (Å²) in [7, 11) is 0. The van der Waals surface area contributed by atoms with Crippen molar-refractivity contribution in [1.29, 1.82) is 0 Å². The summed E-state index contributed by atoms with van der Waals surface area (Å²) in [6.45, 7) is 0.646. The van der Waals surface area contributed by atoms with Crippen molar-refractivity contribution in [3.63, 3.8) is 0 Å². The second-order valence-corrected chi connectivity index (χ2v) is 9.25. The predicted molar refractivity (Wildman–Crippen MR) is 120 cm³/mol. The van der Waals surface area contributed by atoms with Gasteiger partial charge in [-0.15, -0.1) is 11.3 Å². The Morgan fingerprint density at radius 3 is 2.69 bits per heavy atom. The average molecular weight is 474 g/mol. The zero-order chi connectivity index (χ0) is 22.7. The van der Waals surface area contributed by atoms with Crippen LogP contribution in [0.4, 0.5) is 9.18 Å². The first-order valence-corrected chi connectivity index (χ1v) is 11.8. The van der Waals surface area contributed by atoms with Crippen molar-refractivity contribution in [3.05, 3.63) is 62.9 Å². The van der Waals surface area contributed by atoms with Crippen molar-refractivity contribution in [2.24, 2.45) is 0 Å². The van der Waals surface area contributed by atoms with Crippen molar-refractivity contribution < 1.29 is 23.6 Å². The van der Waals surface area contributed by atoms with Gasteiger partial charge in [0, 0.05) is 19.6 Å². The SMILES string of the molecule is O=C(NCCN1C(=O)S/C(=C/c2ccc(F)cc2)C1=O)C1CCCN1C(=O)c1cccs1. The smallest absolute Gasteiger partial charge is 0.293 e. The zero-order valence-electron chi connectivity index (χ0n) is 17.0. The Morgan fingerprint density at radius 1 is 1.19 bits per heavy atom. The van der Waals surface area contributed by atoms with E-state index in [9.17, 15) is 23.6 Å². The number of rotatable bonds is 6. The van der Waals surface area contributed by atoms with E-state index in [-0.39, 0.29) is 35.6 Å². The van der Waals surface area contributed by atoms with E-state index in [1.54, 1.807) is 17.0 Å². The van der Waals surface area contributed by atoms with E-state index in [4.69, 9.17) is 0 Å². The van der Waals surface area contributed by atoms with Gasteiger partial charge in [0.15, 0.2) is 0 Å². The molecular formula is C22H20FN3O4S2. The molecule has 0 radical (unpaired) electrons. The van der Waals surface area contributed by atoms with Gasteiger partial charge in [-0.3, -0.25) is 24.1 Å². The summed E-state index contributed by atoms with van der Waals surface area (Å²) in [6.07, 6.45) is 2.85. The highest BCUT2D eigenvalue weighted by molar-refractivity contribution is 8.18. The van der Waals surface area contributed by atoms with Crippen LogP contribution in [0.15, 0.2) is 46.7 Å². The lowest BCUT2D eigenvalue weighted by atomic mass is 10.2. The summed E-state index contributed by atoms with van der Waals surface area (Å²) in [6, 6.07) is 8.58. The number of nitrogens with one attached hydrogen (secondary N) is 1. The summed E-state index contributed by atoms with van der Waals surface area (Å²) in [4.78, 5) is 53.6. The molecule has 1 aromatic heterocycles. The minimum absolute atomic E-state index is 0.0305. The number of imide groups is 1. The lowest BCUT2D eigenvalue weighted by Gasteiger charge is -2.23. The highest BCUT2D eigenvalue weighted by Gasteiger charge is 2.36. The van der Waals surface area contributed by atoms with Crippen LogP contribution in [0.1, 0.15) is 28.1 Å². The molecule has 0 bridgehead atoms. The zero-order valence-corrected chi connectivity index (χ0v) is 18.6. The number of hydrogen-bond donors (Lipinski definition) is 1. The van der Waals surface area contributed by atoms with Crippen LogP contribution in [0.5, 0.6) is 0 Å². The van der Waals surface area contributed by atoms with Gasteiger partial charge in [0.05, 0.1) is 9.78 Å². The number of thioether (sulfide) groups is 1. The first kappa shape index (κ1) is 22.2. The van der Waals surface area contributed by atoms with E-state index in [0.717, 1.165) is 23.1 Å². The summed E-state index contributed by atoms with van der Waals surface area (Å²) in [5.74, 6) is -1.28. The number of carbonyl (C=O) groups is 4. The molecule has 166 valence electrons. The number of benzene rings is 1. The molecule has 1 atom stereocenters. The summed E-state index contributed by atoms with van der Waals surface area (Å²) < 4.78 is 13.0. The summed E-state index contributed by atoms with van der Waals surface area (Å²) in [5, 5.41) is 4.14. The van der Waals surface area contributed by atoms with E-state index in [1.165, 1.54) is 41.7 Å². The van der Waals surface area contributed by atoms with Crippen LogP contribution in [0, 0.1) is 5.82 Å². The molecule has 2 aromatic rings. The molecule has 2 saturated heterocycles. The topological polar surface area (TPSA) is 86.8 Å². The van der Waals surface area contributed by atoms with Crippen LogP contribution in [0.25, 0.3) is 6.08 Å². The van der Waals surface area contributed by atoms with Gasteiger partial charge in [-0.25, -0.2) is 4.39 Å². The maximum absolute atomic E-state index is 13.0. The maximum Gasteiger partial charge on any atom is 0.293 e. The van der Waals surface area contributed by atoms with E-state index >= 15 is 0 Å². The Balaban J connectivity index is 1.32. The molecule has 2 fully saturated rings. The van der Waals surface area contributed by atoms with Gasteiger partial charge in [0.1, 0.15) is 11.9 Å². The van der Waals surface area contributed by atoms with E-state index in [1.807, 2.05) is 5.38 Å². The molecule has 10 heteroatoms. The van der Waals surface area contributed by atoms with Crippen molar-refractivity contribution in [1.82, 2.24) is 15.1 Å². The van der Waals surface area contributed by atoms with Crippen LogP contribution in [-0.2, 0) is 9.59 Å². The fraction of sp³-hybridized carbons (Fsp3) is 0.273. The molecule has 1 N–H and O–H groups in total. The van der Waals surface area contributed by atoms with Crippen LogP contribution in [0.3, 0.4) is 0 Å². The average Bonchev–Trinajstić information content (AvgIpc) is 3.53. The fourth-order valence-electron chi connectivity index (χ4n) is 3.64. The second kappa shape index (κ2) is 9.66. The van der Waals surface area contributed by atoms with Crippen LogP contribution >= 0.6 is 23.1 Å². The molecule has 0 spiro atoms. The molecule has 4 amide bonds. The number of carbonyl (C=O) groups excluding carboxylic acids is 4. The number of hydrogen-bond acceptors (Lipinski definition) is 6. The highest BCUT2D eigenvalue weighted by Crippen LogP contribution is 2.32. The number of halogens is 1. The number of likely N-dealkylation sites (tertiary alicyclic amines) is 1. The van der Waals surface area contributed by atoms with Gasteiger partial charge in [0.25, 0.3) is 17.1 Å². The standard InChI is InChI=1S/C22H20FN3O4S2/c23-15-7-5-14(6-8-15)13-18-21(29)26(22(30)32-18)11-9-24-19(27)16-3-1-10-25(16)20(28)17-4-2-12-31-17/h2,4-8,12-13,16H,1,3,9-11H2,(H,24,27)/b18-13+. The van der Waals surface area contributed by atoms with Crippen molar-refractivity contribution in [3.8, 4) is 0 Å². The third-order valence-electron chi connectivity index (χ3n) is 5.22. The van der Waals surface area contributed by atoms with Crippen LogP contribution in [0.2, 0.25) is 0 Å². The van der Waals surface area contributed by atoms with Crippen LogP contribution < -0.4 is 5.32 Å². The van der Waals surface area contributed by atoms with Gasteiger partial charge >= 0.3 is 0 Å². The lowest BCUT2D eigenvalue weighted by molar-refractivity contribution is -0.126. The number of amides is 4. The molecule has 0 saturated carbocycles. The van der Waals surface area contributed by atoms with Crippen LogP contribution in [-0.4, -0.2) is 58.4 Å². The summed E-state index contributed by atoms with van der Waals surface area (Å²) in [5.41, 5.74) is 0.613. The first-order valence-electron chi connectivity index (χ1n) is 10.1. The van der Waals surface area contributed by atoms with Gasteiger partial charge in [-0.2, -0.15) is 0 Å². The predicted octanol–water partition coefficient (Wildman–Crippen LogP) is 3.34. The maximum atomic E-state index is 13.0. The molecular weight excluding hydrogens is 453 g/mol. The van der Waals surface area contributed by atoms with E-state index < -0.39 is 17.2 Å². The Kier molecular flexibility index (Phi) is 6.71. The molecule has 3 heterocycles. The van der Waals surface area contributed by atoms with Gasteiger partial charge in [-0.05, 0) is 59.8 Å². The van der Waals surface area contributed by atoms with Gasteiger partial charge in [-0.1, -0.05) is 18.2 Å². The molecule has 2 aliphatic heterocycles. The first-order chi connectivity index (χ1) is 15.4. The number of thiophene rings is 1. The largest absolute Gasteiger partial charge is 0.353 e. The minimum Gasteiger partial charge on any atom is -0.353 e. The monoisotopic (exact) mass is 473 g/mol. The Bertz CT molecular complexity index is 1070. The minimum atomic E-state index is -0.558. The Morgan fingerprint density at radius 2 is 1.97 bits per heavy atom. The van der Waals surface area contributed by atoms with Crippen molar-refractivity contribution in [2.75, 3.05) is 19.6 Å².